The van der Waals surface area contributed by atoms with Gasteiger partial charge in [-0.05, 0) is 62.9 Å². The van der Waals surface area contributed by atoms with E-state index in [-0.39, 0.29) is 17.7 Å². The summed E-state index contributed by atoms with van der Waals surface area (Å²) in [7, 11) is -9.97. The van der Waals surface area contributed by atoms with Crippen molar-refractivity contribution in [1.82, 2.24) is 4.72 Å². The number of aryl methyl sites for hydroxylation is 1. The van der Waals surface area contributed by atoms with Crippen molar-refractivity contribution in [2.75, 3.05) is 0 Å². The van der Waals surface area contributed by atoms with E-state index in [9.17, 15) is 38.8 Å². The summed E-state index contributed by atoms with van der Waals surface area (Å²) >= 11 is 0. The molecule has 32 heavy (non-hydrogen) atoms. The molecule has 3 rings (SSSR count). The Labute approximate surface area is 182 Å². The first kappa shape index (κ1) is 24.6. The van der Waals surface area contributed by atoms with Crippen LogP contribution in [0.5, 0.6) is 0 Å². The number of hydrogen-bond acceptors (Lipinski definition) is 4. The monoisotopic (exact) mass is 497 g/mol. The molecule has 0 heterocycles. The Morgan fingerprint density at radius 2 is 1.50 bits per heavy atom. The van der Waals surface area contributed by atoms with Crippen LogP contribution in [0.25, 0.3) is 0 Å². The van der Waals surface area contributed by atoms with E-state index in [1.807, 2.05) is 0 Å². The van der Waals surface area contributed by atoms with Gasteiger partial charge in [-0.3, -0.25) is 0 Å². The smallest absolute Gasteiger partial charge is 0.223 e. The topological polar surface area (TPSA) is 80.3 Å². The molecule has 0 radical (unpaired) electrons. The number of sulfonamides is 1. The molecule has 1 aliphatic rings. The van der Waals surface area contributed by atoms with Gasteiger partial charge in [0.25, 0.3) is 0 Å². The Bertz CT molecular complexity index is 1200. The second-order valence-corrected chi connectivity index (χ2v) is 11.7. The van der Waals surface area contributed by atoms with Gasteiger partial charge in [0, 0.05) is 11.6 Å². The molecular weight excluding hydrogens is 477 g/mol. The van der Waals surface area contributed by atoms with Gasteiger partial charge in [-0.2, -0.15) is 13.2 Å². The average molecular weight is 498 g/mol. The molecule has 0 spiro atoms. The van der Waals surface area contributed by atoms with Crippen molar-refractivity contribution in [1.29, 1.82) is 0 Å². The summed E-state index contributed by atoms with van der Waals surface area (Å²) in [5.41, 5.74) is -5.19. The van der Waals surface area contributed by atoms with Crippen LogP contribution in [0, 0.1) is 18.6 Å². The molecule has 2 aromatic carbocycles. The van der Waals surface area contributed by atoms with Crippen molar-refractivity contribution in [3.63, 3.8) is 0 Å². The fourth-order valence-corrected chi connectivity index (χ4v) is 6.93. The normalized spacial score (nSPS) is 22.6. The van der Waals surface area contributed by atoms with Crippen molar-refractivity contribution >= 4 is 19.9 Å². The zero-order valence-electron chi connectivity index (χ0n) is 16.8. The maximum Gasteiger partial charge on any atom is 0.511 e. The largest absolute Gasteiger partial charge is 0.511 e. The van der Waals surface area contributed by atoms with Crippen LogP contribution in [-0.4, -0.2) is 28.4 Å². The van der Waals surface area contributed by atoms with Gasteiger partial charge in [-0.1, -0.05) is 17.7 Å². The van der Waals surface area contributed by atoms with Gasteiger partial charge in [0.1, 0.15) is 16.4 Å². The molecule has 5 nitrogen and oxygen atoms in total. The number of hydrogen-bond donors (Lipinski definition) is 1. The minimum Gasteiger partial charge on any atom is -0.223 e. The Balaban J connectivity index is 2.05. The Morgan fingerprint density at radius 1 is 0.938 bits per heavy atom. The highest BCUT2D eigenvalue weighted by molar-refractivity contribution is 7.92. The Morgan fingerprint density at radius 3 is 2.03 bits per heavy atom. The Hall–Kier alpha value is -2.05. The third-order valence-corrected chi connectivity index (χ3v) is 9.49. The van der Waals surface area contributed by atoms with Crippen molar-refractivity contribution in [2.45, 2.75) is 53.8 Å². The van der Waals surface area contributed by atoms with Gasteiger partial charge in [-0.25, -0.2) is 30.3 Å². The molecule has 1 aliphatic carbocycles. The summed E-state index contributed by atoms with van der Waals surface area (Å²) in [6.45, 7) is 1.73. The highest BCUT2D eigenvalue weighted by atomic mass is 32.2. The van der Waals surface area contributed by atoms with Gasteiger partial charge in [0.15, 0.2) is 9.84 Å². The van der Waals surface area contributed by atoms with Gasteiger partial charge >= 0.3 is 15.5 Å². The number of halogens is 5. The molecule has 0 aliphatic heterocycles. The lowest BCUT2D eigenvalue weighted by Gasteiger charge is -2.40. The van der Waals surface area contributed by atoms with E-state index in [0.29, 0.717) is 0 Å². The second-order valence-electron chi connectivity index (χ2n) is 7.78. The van der Waals surface area contributed by atoms with Crippen molar-refractivity contribution in [3.8, 4) is 0 Å². The van der Waals surface area contributed by atoms with Crippen molar-refractivity contribution in [2.24, 2.45) is 0 Å². The van der Waals surface area contributed by atoms with E-state index in [4.69, 9.17) is 0 Å². The van der Waals surface area contributed by atoms with E-state index >= 15 is 0 Å². The molecule has 0 unspecified atom stereocenters. The minimum atomic E-state index is -5.64. The van der Waals surface area contributed by atoms with Crippen molar-refractivity contribution < 1.29 is 38.8 Å². The minimum absolute atomic E-state index is 0.152. The third kappa shape index (κ3) is 4.40. The van der Waals surface area contributed by atoms with Crippen molar-refractivity contribution in [3.05, 3.63) is 65.2 Å². The van der Waals surface area contributed by atoms with E-state index < -0.39 is 66.2 Å². The molecule has 2 aromatic rings. The number of benzene rings is 2. The number of nitrogens with one attached hydrogen (secondary N) is 1. The molecule has 12 heteroatoms. The number of sulfone groups is 1. The van der Waals surface area contributed by atoms with Crippen LogP contribution in [-0.2, 0) is 24.6 Å². The molecule has 1 N–H and O–H groups in total. The Kier molecular flexibility index (Phi) is 6.44. The third-order valence-electron chi connectivity index (χ3n) is 5.68. The predicted molar refractivity (Wildman–Crippen MR) is 107 cm³/mol. The first-order valence-electron chi connectivity index (χ1n) is 9.55. The molecule has 1 saturated carbocycles. The molecule has 1 fully saturated rings. The SMILES string of the molecule is Cc1ccc(S(=O)(=O)C2(c3cc(F)ccc3F)CCC(NS(=O)(=O)C(F)(F)F)CC2)cc1. The summed E-state index contributed by atoms with van der Waals surface area (Å²) in [5, 5.41) is 0. The first-order chi connectivity index (χ1) is 14.7. The summed E-state index contributed by atoms with van der Waals surface area (Å²) in [4.78, 5) is -0.152. The lowest BCUT2D eigenvalue weighted by molar-refractivity contribution is -0.0452. The lowest BCUT2D eigenvalue weighted by atomic mass is 9.80. The second kappa shape index (κ2) is 8.38. The van der Waals surface area contributed by atoms with E-state index in [1.54, 1.807) is 6.92 Å². The average Bonchev–Trinajstić information content (AvgIpc) is 2.69. The summed E-state index contributed by atoms with van der Waals surface area (Å²) < 4.78 is 117. The van der Waals surface area contributed by atoms with Crippen LogP contribution >= 0.6 is 0 Å². The summed E-state index contributed by atoms with van der Waals surface area (Å²) in [5.74, 6) is -1.85. The molecule has 0 saturated heterocycles. The van der Waals surface area contributed by atoms with E-state index in [2.05, 4.69) is 0 Å². The fraction of sp³-hybridized carbons (Fsp3) is 0.400. The summed E-state index contributed by atoms with van der Waals surface area (Å²) in [6, 6.07) is 6.88. The molecule has 0 atom stereocenters. The zero-order chi connectivity index (χ0) is 23.9. The highest BCUT2D eigenvalue weighted by Gasteiger charge is 2.52. The number of alkyl halides is 3. The van der Waals surface area contributed by atoms with Crippen LogP contribution < -0.4 is 4.72 Å². The molecule has 0 bridgehead atoms. The van der Waals surface area contributed by atoms with Gasteiger partial charge in [0.2, 0.25) is 0 Å². The van der Waals surface area contributed by atoms with Crippen LogP contribution in [0.15, 0.2) is 47.4 Å². The van der Waals surface area contributed by atoms with Gasteiger partial charge in [-0.15, -0.1) is 0 Å². The van der Waals surface area contributed by atoms with E-state index in [1.165, 1.54) is 29.0 Å². The van der Waals surface area contributed by atoms with Gasteiger partial charge in [0.05, 0.1) is 4.90 Å². The molecule has 0 aromatic heterocycles. The summed E-state index contributed by atoms with van der Waals surface area (Å²) in [6.07, 6.45) is -1.46. The van der Waals surface area contributed by atoms with Gasteiger partial charge < -0.3 is 0 Å². The maximum absolute atomic E-state index is 14.7. The highest BCUT2D eigenvalue weighted by Crippen LogP contribution is 2.48. The predicted octanol–water partition coefficient (Wildman–Crippen LogP) is 4.32. The van der Waals surface area contributed by atoms with Crippen LogP contribution in [0.3, 0.4) is 0 Å². The van der Waals surface area contributed by atoms with Crippen LogP contribution in [0.4, 0.5) is 22.0 Å². The number of rotatable bonds is 5. The molecular formula is C20H20F5NO4S2. The van der Waals surface area contributed by atoms with E-state index in [0.717, 1.165) is 23.8 Å². The standard InChI is InChI=1S/C20H20F5NO4S2/c1-13-2-5-16(6-3-13)31(27,28)19(17-12-14(21)4-7-18(17)22)10-8-15(9-11-19)26-32(29,30)20(23,24)25/h2-7,12,15,26H,8-11H2,1H3. The quantitative estimate of drug-likeness (QED) is 0.624. The first-order valence-corrected chi connectivity index (χ1v) is 12.5. The maximum atomic E-state index is 14.7. The zero-order valence-corrected chi connectivity index (χ0v) is 18.4. The van der Waals surface area contributed by atoms with Crippen LogP contribution in [0.2, 0.25) is 0 Å². The molecule has 176 valence electrons. The fourth-order valence-electron chi connectivity index (χ4n) is 3.96. The lowest BCUT2D eigenvalue weighted by Crippen LogP contribution is -2.48. The van der Waals surface area contributed by atoms with Crippen LogP contribution in [0.1, 0.15) is 36.8 Å². The molecule has 0 amide bonds.